The Balaban J connectivity index is 1.77. The highest BCUT2D eigenvalue weighted by Gasteiger charge is 2.21. The second-order valence-corrected chi connectivity index (χ2v) is 5.46. The minimum Gasteiger partial charge on any atom is -0.326 e. The summed E-state index contributed by atoms with van der Waals surface area (Å²) >= 11 is 0. The van der Waals surface area contributed by atoms with Crippen molar-refractivity contribution in [1.82, 2.24) is 0 Å². The van der Waals surface area contributed by atoms with Crippen LogP contribution < -0.4 is 10.6 Å². The van der Waals surface area contributed by atoms with E-state index in [1.165, 1.54) is 0 Å². The summed E-state index contributed by atoms with van der Waals surface area (Å²) in [5, 5.41) is 5.74. The number of rotatable bonds is 4. The Bertz CT molecular complexity index is 710. The summed E-state index contributed by atoms with van der Waals surface area (Å²) in [5.41, 5.74) is 3.50. The van der Waals surface area contributed by atoms with Crippen LogP contribution in [-0.4, -0.2) is 11.8 Å². The monoisotopic (exact) mass is 294 g/mol. The molecule has 1 atom stereocenters. The van der Waals surface area contributed by atoms with Gasteiger partial charge in [0.15, 0.2) is 0 Å². The van der Waals surface area contributed by atoms with Gasteiger partial charge in [0.05, 0.1) is 12.3 Å². The van der Waals surface area contributed by atoms with E-state index in [0.717, 1.165) is 28.9 Å². The second kappa shape index (κ2) is 6.02. The molecule has 1 aliphatic heterocycles. The average Bonchev–Trinajstić information content (AvgIpc) is 2.88. The third-order valence-electron chi connectivity index (χ3n) is 3.92. The van der Waals surface area contributed by atoms with Gasteiger partial charge in [0.2, 0.25) is 11.8 Å². The molecule has 1 heterocycles. The number of amides is 2. The fraction of sp³-hybridized carbons (Fsp3) is 0.222. The highest BCUT2D eigenvalue weighted by atomic mass is 16.2. The van der Waals surface area contributed by atoms with Crippen LogP contribution in [0.2, 0.25) is 0 Å². The van der Waals surface area contributed by atoms with Crippen LogP contribution in [0, 0.1) is 0 Å². The maximum Gasteiger partial charge on any atom is 0.231 e. The molecule has 2 amide bonds. The third kappa shape index (κ3) is 2.86. The lowest BCUT2D eigenvalue weighted by atomic mass is 9.95. The van der Waals surface area contributed by atoms with Gasteiger partial charge in [0, 0.05) is 11.4 Å². The normalized spacial score (nSPS) is 14.1. The zero-order chi connectivity index (χ0) is 15.5. The number of nitrogens with one attached hydrogen (secondary N) is 2. The van der Waals surface area contributed by atoms with Crippen molar-refractivity contribution in [3.8, 4) is 0 Å². The number of carbonyl (C=O) groups is 2. The standard InChI is InChI=1S/C18H18N2O2/c1-2-15(12-6-4-3-5-7-12)18(22)19-14-8-9-16-13(10-14)11-17(21)20-16/h3-10,15H,2,11H2,1H3,(H,19,22)(H,20,21)/t15-/m0/s1. The molecular weight excluding hydrogens is 276 g/mol. The molecule has 112 valence electrons. The zero-order valence-corrected chi connectivity index (χ0v) is 12.4. The van der Waals surface area contributed by atoms with E-state index >= 15 is 0 Å². The molecule has 0 spiro atoms. The summed E-state index contributed by atoms with van der Waals surface area (Å²) in [4.78, 5) is 23.9. The van der Waals surface area contributed by atoms with Crippen LogP contribution in [0.15, 0.2) is 48.5 Å². The van der Waals surface area contributed by atoms with Gasteiger partial charge < -0.3 is 10.6 Å². The minimum atomic E-state index is -0.172. The highest BCUT2D eigenvalue weighted by molar-refractivity contribution is 6.01. The molecule has 4 nitrogen and oxygen atoms in total. The van der Waals surface area contributed by atoms with Crippen LogP contribution in [-0.2, 0) is 16.0 Å². The van der Waals surface area contributed by atoms with Crippen molar-refractivity contribution in [2.45, 2.75) is 25.7 Å². The van der Waals surface area contributed by atoms with Gasteiger partial charge in [-0.15, -0.1) is 0 Å². The van der Waals surface area contributed by atoms with Gasteiger partial charge in [-0.1, -0.05) is 37.3 Å². The molecular formula is C18H18N2O2. The number of carbonyl (C=O) groups excluding carboxylic acids is 2. The lowest BCUT2D eigenvalue weighted by Gasteiger charge is -2.15. The molecule has 2 aromatic rings. The summed E-state index contributed by atoms with van der Waals surface area (Å²) in [6, 6.07) is 15.3. The van der Waals surface area contributed by atoms with Gasteiger partial charge >= 0.3 is 0 Å². The van der Waals surface area contributed by atoms with Crippen molar-refractivity contribution in [2.75, 3.05) is 10.6 Å². The number of hydrogen-bond acceptors (Lipinski definition) is 2. The Hall–Kier alpha value is -2.62. The van der Waals surface area contributed by atoms with Crippen molar-refractivity contribution in [1.29, 1.82) is 0 Å². The second-order valence-electron chi connectivity index (χ2n) is 5.46. The van der Waals surface area contributed by atoms with E-state index in [1.807, 2.05) is 55.5 Å². The Kier molecular flexibility index (Phi) is 3.92. The molecule has 0 aromatic heterocycles. The van der Waals surface area contributed by atoms with Crippen molar-refractivity contribution >= 4 is 23.2 Å². The van der Waals surface area contributed by atoms with Gasteiger partial charge in [0.25, 0.3) is 0 Å². The van der Waals surface area contributed by atoms with Crippen LogP contribution in [0.3, 0.4) is 0 Å². The van der Waals surface area contributed by atoms with Crippen molar-refractivity contribution < 1.29 is 9.59 Å². The molecule has 0 radical (unpaired) electrons. The summed E-state index contributed by atoms with van der Waals surface area (Å²) in [6.07, 6.45) is 1.11. The lowest BCUT2D eigenvalue weighted by molar-refractivity contribution is -0.117. The number of fused-ring (bicyclic) bond motifs is 1. The van der Waals surface area contributed by atoms with E-state index in [1.54, 1.807) is 0 Å². The Labute approximate surface area is 129 Å². The molecule has 2 N–H and O–H groups in total. The SMILES string of the molecule is CC[C@H](C(=O)Nc1ccc2c(c1)CC(=O)N2)c1ccccc1. The fourth-order valence-electron chi connectivity index (χ4n) is 2.79. The first kappa shape index (κ1) is 14.3. The topological polar surface area (TPSA) is 58.2 Å². The summed E-state index contributed by atoms with van der Waals surface area (Å²) in [6.45, 7) is 2.00. The van der Waals surface area contributed by atoms with Gasteiger partial charge in [-0.05, 0) is 35.7 Å². The minimum absolute atomic E-state index is 0.00537. The molecule has 3 rings (SSSR count). The molecule has 2 aromatic carbocycles. The molecule has 0 aliphatic carbocycles. The third-order valence-corrected chi connectivity index (χ3v) is 3.92. The maximum absolute atomic E-state index is 12.5. The van der Waals surface area contributed by atoms with Crippen molar-refractivity contribution in [3.05, 3.63) is 59.7 Å². The largest absolute Gasteiger partial charge is 0.326 e. The molecule has 0 unspecified atom stereocenters. The van der Waals surface area contributed by atoms with Crippen LogP contribution in [0.1, 0.15) is 30.4 Å². The summed E-state index contributed by atoms with van der Waals surface area (Å²) in [5.74, 6) is -0.200. The first-order valence-corrected chi connectivity index (χ1v) is 7.46. The quantitative estimate of drug-likeness (QED) is 0.909. The van der Waals surface area contributed by atoms with E-state index in [4.69, 9.17) is 0 Å². The Morgan fingerprint density at radius 3 is 2.73 bits per heavy atom. The number of benzene rings is 2. The molecule has 0 fully saturated rings. The summed E-state index contributed by atoms with van der Waals surface area (Å²) < 4.78 is 0. The number of hydrogen-bond donors (Lipinski definition) is 2. The molecule has 22 heavy (non-hydrogen) atoms. The lowest BCUT2D eigenvalue weighted by Crippen LogP contribution is -2.20. The van der Waals surface area contributed by atoms with Gasteiger partial charge in [0.1, 0.15) is 0 Å². The predicted molar refractivity (Wildman–Crippen MR) is 86.9 cm³/mol. The highest BCUT2D eigenvalue weighted by Crippen LogP contribution is 2.27. The fourth-order valence-corrected chi connectivity index (χ4v) is 2.79. The zero-order valence-electron chi connectivity index (χ0n) is 12.4. The van der Waals surface area contributed by atoms with Gasteiger partial charge in [-0.2, -0.15) is 0 Å². The van der Waals surface area contributed by atoms with Crippen LogP contribution in [0.4, 0.5) is 11.4 Å². The molecule has 4 heteroatoms. The van der Waals surface area contributed by atoms with Crippen molar-refractivity contribution in [2.24, 2.45) is 0 Å². The Morgan fingerprint density at radius 1 is 1.23 bits per heavy atom. The van der Waals surface area contributed by atoms with E-state index in [-0.39, 0.29) is 17.7 Å². The first-order valence-electron chi connectivity index (χ1n) is 7.46. The van der Waals surface area contributed by atoms with Gasteiger partial charge in [-0.3, -0.25) is 9.59 Å². The van der Waals surface area contributed by atoms with E-state index in [9.17, 15) is 9.59 Å². The molecule has 0 saturated heterocycles. The molecule has 0 saturated carbocycles. The first-order chi connectivity index (χ1) is 10.7. The number of anilines is 2. The smallest absolute Gasteiger partial charge is 0.231 e. The van der Waals surface area contributed by atoms with Crippen LogP contribution >= 0.6 is 0 Å². The van der Waals surface area contributed by atoms with Gasteiger partial charge in [-0.25, -0.2) is 0 Å². The van der Waals surface area contributed by atoms with E-state index in [2.05, 4.69) is 10.6 Å². The predicted octanol–water partition coefficient (Wildman–Crippen LogP) is 3.31. The summed E-state index contributed by atoms with van der Waals surface area (Å²) in [7, 11) is 0. The van der Waals surface area contributed by atoms with Crippen LogP contribution in [0.25, 0.3) is 0 Å². The van der Waals surface area contributed by atoms with Crippen molar-refractivity contribution in [3.63, 3.8) is 0 Å². The molecule has 1 aliphatic rings. The Morgan fingerprint density at radius 2 is 2.00 bits per heavy atom. The maximum atomic E-state index is 12.5. The average molecular weight is 294 g/mol. The van der Waals surface area contributed by atoms with E-state index in [0.29, 0.717) is 6.42 Å². The molecule has 0 bridgehead atoms. The van der Waals surface area contributed by atoms with E-state index < -0.39 is 0 Å². The van der Waals surface area contributed by atoms with Crippen LogP contribution in [0.5, 0.6) is 0 Å².